The third kappa shape index (κ3) is 3.55. The van der Waals surface area contributed by atoms with Gasteiger partial charge in [-0.15, -0.1) is 11.3 Å². The van der Waals surface area contributed by atoms with Crippen molar-refractivity contribution in [2.75, 3.05) is 5.32 Å². The molecule has 0 fully saturated rings. The van der Waals surface area contributed by atoms with Crippen molar-refractivity contribution in [3.05, 3.63) is 89.4 Å². The van der Waals surface area contributed by atoms with Gasteiger partial charge in [0.25, 0.3) is 5.91 Å². The number of thiophene rings is 1. The molecule has 29 heavy (non-hydrogen) atoms. The van der Waals surface area contributed by atoms with Gasteiger partial charge >= 0.3 is 0 Å². The van der Waals surface area contributed by atoms with Crippen molar-refractivity contribution >= 4 is 34.2 Å². The summed E-state index contributed by atoms with van der Waals surface area (Å²) < 4.78 is 1.80. The molecule has 0 radical (unpaired) electrons. The minimum absolute atomic E-state index is 0.244. The van der Waals surface area contributed by atoms with Gasteiger partial charge in [0.05, 0.1) is 28.0 Å². The molecule has 0 spiro atoms. The van der Waals surface area contributed by atoms with Crippen LogP contribution >= 0.6 is 11.3 Å². The number of fused-ring (bicyclic) bond motifs is 1. The summed E-state index contributed by atoms with van der Waals surface area (Å²) >= 11 is 1.56. The Kier molecular flexibility index (Phi) is 4.42. The maximum absolute atomic E-state index is 13.1. The van der Waals surface area contributed by atoms with Crippen LogP contribution in [0.3, 0.4) is 0 Å². The lowest BCUT2D eigenvalue weighted by Gasteiger charge is -2.01. The number of nitrogens with one attached hydrogen (secondary N) is 2. The number of carbonyl (C=O) groups excluding carboxylic acids is 1. The Balaban J connectivity index is 1.47. The molecule has 0 aliphatic carbocycles. The van der Waals surface area contributed by atoms with Crippen molar-refractivity contribution in [1.82, 2.24) is 19.7 Å². The zero-order valence-electron chi connectivity index (χ0n) is 15.4. The number of nitrogens with zero attached hydrogens (tertiary/aromatic N) is 3. The highest BCUT2D eigenvalue weighted by Crippen LogP contribution is 2.27. The van der Waals surface area contributed by atoms with E-state index in [1.54, 1.807) is 22.2 Å². The Labute approximate surface area is 170 Å². The standard InChI is InChI=1S/C22H17N5OS/c28-21(25-22-23-17-9-4-5-10-18(17)24-22)16-14-27(13-15-7-2-1-3-8-15)26-20(16)19-11-6-12-29-19/h1-12,14H,13H2,(H2,23,24,25,28). The highest BCUT2D eigenvalue weighted by Gasteiger charge is 2.20. The van der Waals surface area contributed by atoms with Gasteiger partial charge in [0.15, 0.2) is 0 Å². The molecule has 0 atom stereocenters. The number of amides is 1. The van der Waals surface area contributed by atoms with Crippen molar-refractivity contribution < 1.29 is 4.79 Å². The third-order valence-corrected chi connectivity index (χ3v) is 5.45. The van der Waals surface area contributed by atoms with Gasteiger partial charge in [-0.2, -0.15) is 5.10 Å². The Morgan fingerprint density at radius 2 is 1.86 bits per heavy atom. The first-order chi connectivity index (χ1) is 14.3. The Morgan fingerprint density at radius 1 is 1.03 bits per heavy atom. The van der Waals surface area contributed by atoms with Gasteiger partial charge in [0.1, 0.15) is 5.69 Å². The van der Waals surface area contributed by atoms with E-state index in [9.17, 15) is 4.79 Å². The van der Waals surface area contributed by atoms with Gasteiger partial charge in [-0.1, -0.05) is 48.5 Å². The van der Waals surface area contributed by atoms with E-state index in [4.69, 9.17) is 0 Å². The average Bonchev–Trinajstić information content (AvgIpc) is 3.47. The minimum atomic E-state index is -0.244. The lowest BCUT2D eigenvalue weighted by molar-refractivity contribution is 0.102. The molecule has 3 heterocycles. The van der Waals surface area contributed by atoms with E-state index in [0.29, 0.717) is 23.8 Å². The first kappa shape index (κ1) is 17.4. The van der Waals surface area contributed by atoms with Crippen LogP contribution in [0.25, 0.3) is 21.6 Å². The largest absolute Gasteiger partial charge is 0.324 e. The molecular formula is C22H17N5OS. The predicted molar refractivity (Wildman–Crippen MR) is 115 cm³/mol. The molecule has 2 N–H and O–H groups in total. The number of hydrogen-bond donors (Lipinski definition) is 2. The van der Waals surface area contributed by atoms with Gasteiger partial charge in [-0.3, -0.25) is 14.8 Å². The number of carbonyl (C=O) groups is 1. The Hall–Kier alpha value is -3.71. The Bertz CT molecular complexity index is 1240. The van der Waals surface area contributed by atoms with Crippen LogP contribution in [0.5, 0.6) is 0 Å². The summed E-state index contributed by atoms with van der Waals surface area (Å²) in [5.41, 5.74) is 3.99. The third-order valence-electron chi connectivity index (χ3n) is 4.57. The molecule has 6 nitrogen and oxygen atoms in total. The minimum Gasteiger partial charge on any atom is -0.324 e. The number of aromatic nitrogens is 4. The maximum Gasteiger partial charge on any atom is 0.261 e. The van der Waals surface area contributed by atoms with E-state index in [-0.39, 0.29) is 5.91 Å². The molecule has 0 saturated heterocycles. The number of imidazole rings is 1. The van der Waals surface area contributed by atoms with E-state index < -0.39 is 0 Å². The lowest BCUT2D eigenvalue weighted by atomic mass is 10.2. The van der Waals surface area contributed by atoms with Gasteiger partial charge < -0.3 is 4.98 Å². The second-order valence-electron chi connectivity index (χ2n) is 6.61. The van der Waals surface area contributed by atoms with E-state index in [0.717, 1.165) is 21.5 Å². The van der Waals surface area contributed by atoms with Gasteiger partial charge in [-0.05, 0) is 29.1 Å². The summed E-state index contributed by atoms with van der Waals surface area (Å²) in [7, 11) is 0. The van der Waals surface area contributed by atoms with E-state index in [1.807, 2.05) is 72.1 Å². The molecule has 0 aliphatic heterocycles. The molecule has 3 aromatic heterocycles. The number of para-hydroxylation sites is 2. The highest BCUT2D eigenvalue weighted by molar-refractivity contribution is 7.13. The van der Waals surface area contributed by atoms with Crippen LogP contribution < -0.4 is 5.32 Å². The van der Waals surface area contributed by atoms with E-state index in [2.05, 4.69) is 20.4 Å². The quantitative estimate of drug-likeness (QED) is 0.446. The fraction of sp³-hybridized carbons (Fsp3) is 0.0455. The normalized spacial score (nSPS) is 11.0. The van der Waals surface area contributed by atoms with E-state index >= 15 is 0 Å². The van der Waals surface area contributed by atoms with Crippen molar-refractivity contribution in [2.24, 2.45) is 0 Å². The summed E-state index contributed by atoms with van der Waals surface area (Å²) in [5, 5.41) is 9.54. The summed E-state index contributed by atoms with van der Waals surface area (Å²) in [6.45, 7) is 0.594. The zero-order valence-corrected chi connectivity index (χ0v) is 16.2. The molecule has 0 saturated carbocycles. The smallest absolute Gasteiger partial charge is 0.261 e. The van der Waals surface area contributed by atoms with Crippen LogP contribution in [0, 0.1) is 0 Å². The summed E-state index contributed by atoms with van der Waals surface area (Å²) in [4.78, 5) is 21.6. The number of H-pyrrole nitrogens is 1. The van der Waals surface area contributed by atoms with Crippen LogP contribution in [0.15, 0.2) is 78.3 Å². The molecule has 0 bridgehead atoms. The first-order valence-electron chi connectivity index (χ1n) is 9.17. The van der Waals surface area contributed by atoms with Crippen molar-refractivity contribution in [3.63, 3.8) is 0 Å². The monoisotopic (exact) mass is 399 g/mol. The van der Waals surface area contributed by atoms with Gasteiger partial charge in [-0.25, -0.2) is 4.98 Å². The number of hydrogen-bond acceptors (Lipinski definition) is 4. The van der Waals surface area contributed by atoms with Crippen LogP contribution in [0.1, 0.15) is 15.9 Å². The molecular weight excluding hydrogens is 382 g/mol. The molecule has 5 rings (SSSR count). The maximum atomic E-state index is 13.1. The molecule has 142 valence electrons. The van der Waals surface area contributed by atoms with Crippen LogP contribution in [0.4, 0.5) is 5.95 Å². The van der Waals surface area contributed by atoms with Crippen molar-refractivity contribution in [3.8, 4) is 10.6 Å². The fourth-order valence-corrected chi connectivity index (χ4v) is 3.94. The number of benzene rings is 2. The van der Waals surface area contributed by atoms with Gasteiger partial charge in [0, 0.05) is 6.20 Å². The SMILES string of the molecule is O=C(Nc1nc2ccccc2[nH]1)c1cn(Cc2ccccc2)nc1-c1cccs1. The fourth-order valence-electron chi connectivity index (χ4n) is 3.22. The molecule has 2 aromatic carbocycles. The predicted octanol–water partition coefficient (Wildman–Crippen LogP) is 4.79. The number of aromatic amines is 1. The first-order valence-corrected chi connectivity index (χ1v) is 10.1. The van der Waals surface area contributed by atoms with Crippen molar-refractivity contribution in [1.29, 1.82) is 0 Å². The molecule has 0 unspecified atom stereocenters. The second kappa shape index (κ2) is 7.37. The van der Waals surface area contributed by atoms with Crippen molar-refractivity contribution in [2.45, 2.75) is 6.54 Å². The average molecular weight is 399 g/mol. The number of rotatable bonds is 5. The highest BCUT2D eigenvalue weighted by atomic mass is 32.1. The number of anilines is 1. The molecule has 5 aromatic rings. The lowest BCUT2D eigenvalue weighted by Crippen LogP contribution is -2.13. The molecule has 0 aliphatic rings. The summed E-state index contributed by atoms with van der Waals surface area (Å²) in [5.74, 6) is 0.177. The Morgan fingerprint density at radius 3 is 2.66 bits per heavy atom. The second-order valence-corrected chi connectivity index (χ2v) is 7.56. The summed E-state index contributed by atoms with van der Waals surface area (Å²) in [6, 6.07) is 21.6. The van der Waals surface area contributed by atoms with E-state index in [1.165, 1.54) is 0 Å². The van der Waals surface area contributed by atoms with Crippen LogP contribution in [0.2, 0.25) is 0 Å². The summed E-state index contributed by atoms with van der Waals surface area (Å²) in [6.07, 6.45) is 1.79. The topological polar surface area (TPSA) is 75.6 Å². The van der Waals surface area contributed by atoms with Crippen LogP contribution in [-0.4, -0.2) is 25.7 Å². The van der Waals surface area contributed by atoms with Crippen LogP contribution in [-0.2, 0) is 6.54 Å². The molecule has 7 heteroatoms. The van der Waals surface area contributed by atoms with Gasteiger partial charge in [0.2, 0.25) is 5.95 Å². The molecule has 1 amide bonds. The zero-order chi connectivity index (χ0) is 19.6.